The molecule has 5 heteroatoms. The number of nitrogens with one attached hydrogen (secondary N) is 1. The molecular weight excluding hydrogens is 170 g/mol. The highest BCUT2D eigenvalue weighted by atomic mass is 16.3. The predicted octanol–water partition coefficient (Wildman–Crippen LogP) is 0.571. The second-order valence-electron chi connectivity index (χ2n) is 2.55. The van der Waals surface area contributed by atoms with Crippen LogP contribution in [0.25, 0.3) is 11.0 Å². The van der Waals surface area contributed by atoms with Crippen molar-refractivity contribution >= 4 is 16.8 Å². The van der Waals surface area contributed by atoms with Crippen LogP contribution in [0, 0.1) is 0 Å². The number of hydrogen-bond donors (Lipinski definition) is 1. The zero-order chi connectivity index (χ0) is 9.26. The molecule has 1 radical (unpaired) electrons. The summed E-state index contributed by atoms with van der Waals surface area (Å²) in [5.41, 5.74) is 1.31. The molecular formula is C8H6N3O2. The van der Waals surface area contributed by atoms with Crippen molar-refractivity contribution in [1.82, 2.24) is 15.0 Å². The average molecular weight is 176 g/mol. The molecule has 0 fully saturated rings. The molecule has 0 atom stereocenters. The van der Waals surface area contributed by atoms with Crippen LogP contribution in [0.15, 0.2) is 18.5 Å². The van der Waals surface area contributed by atoms with Gasteiger partial charge in [0.25, 0.3) is 0 Å². The van der Waals surface area contributed by atoms with E-state index in [4.69, 9.17) is 0 Å². The highest BCUT2D eigenvalue weighted by Gasteiger charge is 2.09. The number of carbonyl (C=O) groups excluding carboxylic acids is 1. The number of ketones is 1. The van der Waals surface area contributed by atoms with Crippen molar-refractivity contribution in [3.8, 4) is 0 Å². The molecule has 2 heterocycles. The molecule has 0 aromatic carbocycles. The molecule has 65 valence electrons. The van der Waals surface area contributed by atoms with Gasteiger partial charge in [0.15, 0.2) is 5.82 Å². The fourth-order valence-electron chi connectivity index (χ4n) is 1.06. The summed E-state index contributed by atoms with van der Waals surface area (Å²) in [6.45, 7) is -0.784. The standard InChI is InChI=1S/C8H6N3O2/c12-4-7(13)8-10-5-1-2-9-3-6(5)11-8/h1-3H,4H2,(H,10,11). The molecule has 2 aromatic heterocycles. The van der Waals surface area contributed by atoms with Crippen molar-refractivity contribution in [2.24, 2.45) is 0 Å². The highest BCUT2D eigenvalue weighted by Crippen LogP contribution is 2.08. The van der Waals surface area contributed by atoms with Crippen LogP contribution in [-0.4, -0.2) is 27.3 Å². The predicted molar refractivity (Wildman–Crippen MR) is 43.8 cm³/mol. The van der Waals surface area contributed by atoms with Crippen LogP contribution < -0.4 is 0 Å². The normalized spacial score (nSPS) is 10.5. The van der Waals surface area contributed by atoms with E-state index < -0.39 is 12.4 Å². The molecule has 2 rings (SSSR count). The fourth-order valence-corrected chi connectivity index (χ4v) is 1.06. The summed E-state index contributed by atoms with van der Waals surface area (Å²) in [6, 6.07) is 1.70. The first-order chi connectivity index (χ1) is 6.31. The van der Waals surface area contributed by atoms with Crippen LogP contribution >= 0.6 is 0 Å². The third kappa shape index (κ3) is 1.29. The van der Waals surface area contributed by atoms with E-state index in [-0.39, 0.29) is 5.82 Å². The summed E-state index contributed by atoms with van der Waals surface area (Å²) < 4.78 is 0. The van der Waals surface area contributed by atoms with Crippen LogP contribution in [-0.2, 0) is 5.11 Å². The first-order valence-electron chi connectivity index (χ1n) is 3.72. The molecule has 1 N–H and O–H groups in total. The van der Waals surface area contributed by atoms with Crippen LogP contribution in [0.5, 0.6) is 0 Å². The van der Waals surface area contributed by atoms with Gasteiger partial charge >= 0.3 is 0 Å². The van der Waals surface area contributed by atoms with Crippen LogP contribution in [0.1, 0.15) is 10.6 Å². The lowest BCUT2D eigenvalue weighted by Gasteiger charge is -1.85. The number of aromatic amines is 1. The van der Waals surface area contributed by atoms with Gasteiger partial charge in [0.2, 0.25) is 5.78 Å². The van der Waals surface area contributed by atoms with E-state index in [9.17, 15) is 9.90 Å². The first kappa shape index (κ1) is 7.88. The van der Waals surface area contributed by atoms with Crippen molar-refractivity contribution in [2.45, 2.75) is 0 Å². The molecule has 13 heavy (non-hydrogen) atoms. The number of carbonyl (C=O) groups is 1. The number of fused-ring (bicyclic) bond motifs is 1. The van der Waals surface area contributed by atoms with Gasteiger partial charge in [-0.1, -0.05) is 0 Å². The summed E-state index contributed by atoms with van der Waals surface area (Å²) in [7, 11) is 0. The molecule has 0 bridgehead atoms. The van der Waals surface area contributed by atoms with Gasteiger partial charge in [-0.15, -0.1) is 0 Å². The second-order valence-corrected chi connectivity index (χ2v) is 2.55. The Bertz CT molecular complexity index is 416. The number of hydrogen-bond acceptors (Lipinski definition) is 3. The average Bonchev–Trinajstić information content (AvgIpc) is 2.59. The molecule has 0 unspecified atom stereocenters. The first-order valence-corrected chi connectivity index (χ1v) is 3.72. The summed E-state index contributed by atoms with van der Waals surface area (Å²) in [6.07, 6.45) is 3.12. The van der Waals surface area contributed by atoms with Crippen LogP contribution in [0.2, 0.25) is 0 Å². The molecule has 0 saturated carbocycles. The van der Waals surface area contributed by atoms with Gasteiger partial charge in [0, 0.05) is 6.20 Å². The molecule has 0 aliphatic heterocycles. The van der Waals surface area contributed by atoms with Crippen molar-refractivity contribution in [3.63, 3.8) is 0 Å². The third-order valence-electron chi connectivity index (χ3n) is 1.68. The Morgan fingerprint density at radius 3 is 3.08 bits per heavy atom. The monoisotopic (exact) mass is 176 g/mol. The fraction of sp³-hybridized carbons (Fsp3) is 0.125. The maximum Gasteiger partial charge on any atom is 0.226 e. The quantitative estimate of drug-likeness (QED) is 0.679. The second kappa shape index (κ2) is 2.95. The summed E-state index contributed by atoms with van der Waals surface area (Å²) in [4.78, 5) is 21.5. The maximum atomic E-state index is 11.0. The molecule has 5 nitrogen and oxygen atoms in total. The lowest BCUT2D eigenvalue weighted by Crippen LogP contribution is -2.04. The van der Waals surface area contributed by atoms with Gasteiger partial charge in [-0.05, 0) is 6.07 Å². The van der Waals surface area contributed by atoms with E-state index in [0.29, 0.717) is 11.0 Å². The van der Waals surface area contributed by atoms with Crippen molar-refractivity contribution in [2.75, 3.05) is 6.61 Å². The molecule has 0 spiro atoms. The van der Waals surface area contributed by atoms with E-state index in [0.717, 1.165) is 0 Å². The van der Waals surface area contributed by atoms with Gasteiger partial charge in [0.1, 0.15) is 12.1 Å². The Morgan fingerprint density at radius 2 is 2.38 bits per heavy atom. The van der Waals surface area contributed by atoms with E-state index in [1.54, 1.807) is 12.3 Å². The largest absolute Gasteiger partial charge is 0.335 e. The number of H-pyrrole nitrogens is 1. The topological polar surface area (TPSA) is 78.5 Å². The van der Waals surface area contributed by atoms with Crippen LogP contribution in [0.4, 0.5) is 0 Å². The Balaban J connectivity index is 2.56. The summed E-state index contributed by atoms with van der Waals surface area (Å²) >= 11 is 0. The van der Waals surface area contributed by atoms with Gasteiger partial charge < -0.3 is 4.98 Å². The smallest absolute Gasteiger partial charge is 0.226 e. The van der Waals surface area contributed by atoms with E-state index in [1.807, 2.05) is 0 Å². The third-order valence-corrected chi connectivity index (χ3v) is 1.68. The van der Waals surface area contributed by atoms with Gasteiger partial charge in [-0.2, -0.15) is 0 Å². The maximum absolute atomic E-state index is 11.0. The minimum absolute atomic E-state index is 0.109. The summed E-state index contributed by atoms with van der Waals surface area (Å²) in [5, 5.41) is 10.3. The SMILES string of the molecule is [O]CC(=O)c1nc2cnccc2[nH]1. The minimum Gasteiger partial charge on any atom is -0.335 e. The van der Waals surface area contributed by atoms with Crippen LogP contribution in [0.3, 0.4) is 0 Å². The number of pyridine rings is 1. The highest BCUT2D eigenvalue weighted by molar-refractivity contribution is 5.96. The number of Topliss-reactive ketones (excluding diaryl/α,β-unsaturated/α-hetero) is 1. The molecule has 2 aromatic rings. The van der Waals surface area contributed by atoms with E-state index >= 15 is 0 Å². The Labute approximate surface area is 73.4 Å². The number of rotatable bonds is 2. The molecule has 0 amide bonds. The zero-order valence-corrected chi connectivity index (χ0v) is 6.65. The van der Waals surface area contributed by atoms with E-state index in [1.165, 1.54) is 6.20 Å². The van der Waals surface area contributed by atoms with Crippen molar-refractivity contribution < 1.29 is 9.90 Å². The molecule has 0 aliphatic rings. The summed E-state index contributed by atoms with van der Waals surface area (Å²) in [5.74, 6) is -0.422. The van der Waals surface area contributed by atoms with Crippen molar-refractivity contribution in [3.05, 3.63) is 24.3 Å². The van der Waals surface area contributed by atoms with E-state index in [2.05, 4.69) is 15.0 Å². The lowest BCUT2D eigenvalue weighted by atomic mass is 10.4. The van der Waals surface area contributed by atoms with Gasteiger partial charge in [-0.3, -0.25) is 9.78 Å². The Kier molecular flexibility index (Phi) is 1.79. The number of aromatic nitrogens is 3. The zero-order valence-electron chi connectivity index (χ0n) is 6.65. The Hall–Kier alpha value is -1.75. The lowest BCUT2D eigenvalue weighted by molar-refractivity contribution is 0.0818. The van der Waals surface area contributed by atoms with Gasteiger partial charge in [0.05, 0.1) is 11.7 Å². The molecule has 0 saturated heterocycles. The van der Waals surface area contributed by atoms with Crippen molar-refractivity contribution in [1.29, 1.82) is 0 Å². The van der Waals surface area contributed by atoms with Gasteiger partial charge in [-0.25, -0.2) is 10.1 Å². The number of imidazole rings is 1. The number of nitrogens with zero attached hydrogens (tertiary/aromatic N) is 2. The Morgan fingerprint density at radius 1 is 1.54 bits per heavy atom. The molecule has 0 aliphatic carbocycles. The minimum atomic E-state index is -0.784.